The van der Waals surface area contributed by atoms with E-state index in [0.29, 0.717) is 24.3 Å². The Morgan fingerprint density at radius 2 is 2.40 bits per heavy atom. The summed E-state index contributed by atoms with van der Waals surface area (Å²) in [7, 11) is 0. The second-order valence-corrected chi connectivity index (χ2v) is 4.40. The van der Waals surface area contributed by atoms with Crippen LogP contribution in [0.15, 0.2) is 5.16 Å². The molecule has 0 radical (unpaired) electrons. The van der Waals surface area contributed by atoms with Gasteiger partial charge in [-0.1, -0.05) is 11.6 Å². The Labute approximate surface area is 89.9 Å². The molecule has 1 heterocycles. The van der Waals surface area contributed by atoms with Crippen LogP contribution in [0.4, 0.5) is 0 Å². The summed E-state index contributed by atoms with van der Waals surface area (Å²) in [5.41, 5.74) is 5.56. The van der Waals surface area contributed by atoms with Crippen LogP contribution < -0.4 is 5.73 Å². The monoisotopic (exact) mass is 213 g/mol. The van der Waals surface area contributed by atoms with Crippen LogP contribution in [0.2, 0.25) is 0 Å². The SMILES string of the molecule is NC(CN1CCOC[C@H]2CCC[C@@H]21)=NO. The highest BCUT2D eigenvalue weighted by atomic mass is 16.5. The van der Waals surface area contributed by atoms with Gasteiger partial charge in [0.05, 0.1) is 19.8 Å². The maximum atomic E-state index is 8.58. The fraction of sp³-hybridized carbons (Fsp3) is 0.900. The first-order valence-corrected chi connectivity index (χ1v) is 5.59. The molecule has 1 aliphatic carbocycles. The van der Waals surface area contributed by atoms with Crippen LogP contribution in [0.1, 0.15) is 19.3 Å². The number of hydrogen-bond acceptors (Lipinski definition) is 4. The summed E-state index contributed by atoms with van der Waals surface area (Å²) in [4.78, 5) is 2.29. The third kappa shape index (κ3) is 2.41. The van der Waals surface area contributed by atoms with E-state index in [1.807, 2.05) is 0 Å². The molecule has 5 nitrogen and oxygen atoms in total. The number of nitrogens with zero attached hydrogens (tertiary/aromatic N) is 2. The first-order valence-electron chi connectivity index (χ1n) is 5.59. The molecule has 0 amide bonds. The van der Waals surface area contributed by atoms with E-state index in [1.54, 1.807) is 0 Å². The fourth-order valence-electron chi connectivity index (χ4n) is 2.71. The third-order valence-electron chi connectivity index (χ3n) is 3.44. The highest BCUT2D eigenvalue weighted by molar-refractivity contribution is 5.81. The van der Waals surface area contributed by atoms with Crippen molar-refractivity contribution >= 4 is 5.84 Å². The Bertz CT molecular complexity index is 245. The minimum absolute atomic E-state index is 0.294. The Hall–Kier alpha value is -0.810. The summed E-state index contributed by atoms with van der Waals surface area (Å²) in [6.45, 7) is 3.07. The lowest BCUT2D eigenvalue weighted by atomic mass is 10.0. The second-order valence-electron chi connectivity index (χ2n) is 4.40. The highest BCUT2D eigenvalue weighted by Gasteiger charge is 2.34. The zero-order valence-electron chi connectivity index (χ0n) is 8.93. The maximum absolute atomic E-state index is 8.58. The van der Waals surface area contributed by atoms with Gasteiger partial charge in [-0.05, 0) is 18.8 Å². The van der Waals surface area contributed by atoms with Crippen LogP contribution in [0, 0.1) is 5.92 Å². The summed E-state index contributed by atoms with van der Waals surface area (Å²) >= 11 is 0. The molecule has 0 aromatic rings. The van der Waals surface area contributed by atoms with Crippen molar-refractivity contribution in [2.45, 2.75) is 25.3 Å². The Kier molecular flexibility index (Phi) is 3.43. The van der Waals surface area contributed by atoms with Crippen LogP contribution in [0.5, 0.6) is 0 Å². The van der Waals surface area contributed by atoms with Crippen molar-refractivity contribution < 1.29 is 9.94 Å². The van der Waals surface area contributed by atoms with E-state index in [-0.39, 0.29) is 0 Å². The van der Waals surface area contributed by atoms with Gasteiger partial charge in [0.1, 0.15) is 0 Å². The standard InChI is InChI=1S/C10H19N3O2/c11-10(12-14)6-13-4-5-15-7-8-2-1-3-9(8)13/h8-9,14H,1-7H2,(H2,11,12)/t8-,9+/m1/s1. The zero-order chi connectivity index (χ0) is 10.7. The Morgan fingerprint density at radius 1 is 1.53 bits per heavy atom. The van der Waals surface area contributed by atoms with Crippen molar-refractivity contribution in [3.63, 3.8) is 0 Å². The molecule has 0 aromatic carbocycles. The van der Waals surface area contributed by atoms with E-state index < -0.39 is 0 Å². The van der Waals surface area contributed by atoms with Crippen molar-refractivity contribution in [2.24, 2.45) is 16.8 Å². The lowest BCUT2D eigenvalue weighted by molar-refractivity contribution is 0.120. The number of oxime groups is 1. The molecular weight excluding hydrogens is 194 g/mol. The van der Waals surface area contributed by atoms with Crippen molar-refractivity contribution in [1.29, 1.82) is 0 Å². The molecule has 2 rings (SSSR count). The smallest absolute Gasteiger partial charge is 0.153 e. The number of hydrogen-bond donors (Lipinski definition) is 2. The molecule has 0 aromatic heterocycles. The van der Waals surface area contributed by atoms with E-state index in [2.05, 4.69) is 10.1 Å². The molecule has 3 N–H and O–H groups in total. The summed E-state index contributed by atoms with van der Waals surface area (Å²) in [6, 6.07) is 0.563. The zero-order valence-corrected chi connectivity index (χ0v) is 8.93. The third-order valence-corrected chi connectivity index (χ3v) is 3.44. The van der Waals surface area contributed by atoms with Gasteiger partial charge in [0.15, 0.2) is 5.84 Å². The van der Waals surface area contributed by atoms with Gasteiger partial charge in [-0.3, -0.25) is 4.90 Å². The van der Waals surface area contributed by atoms with Gasteiger partial charge in [-0.2, -0.15) is 0 Å². The topological polar surface area (TPSA) is 71.1 Å². The van der Waals surface area contributed by atoms with E-state index in [9.17, 15) is 0 Å². The van der Waals surface area contributed by atoms with Crippen LogP contribution in [0.3, 0.4) is 0 Å². The van der Waals surface area contributed by atoms with E-state index >= 15 is 0 Å². The average molecular weight is 213 g/mol. The van der Waals surface area contributed by atoms with Gasteiger partial charge >= 0.3 is 0 Å². The largest absolute Gasteiger partial charge is 0.409 e. The summed E-state index contributed by atoms with van der Waals surface area (Å²) in [5, 5.41) is 11.6. The predicted octanol–water partition coefficient (Wildman–Crippen LogP) is 0.234. The van der Waals surface area contributed by atoms with Gasteiger partial charge in [0.25, 0.3) is 0 Å². The van der Waals surface area contributed by atoms with E-state index in [0.717, 1.165) is 19.8 Å². The molecule has 0 bridgehead atoms. The molecule has 1 aliphatic heterocycles. The Balaban J connectivity index is 2.01. The summed E-state index contributed by atoms with van der Waals surface area (Å²) in [6.07, 6.45) is 3.73. The van der Waals surface area contributed by atoms with E-state index in [4.69, 9.17) is 15.7 Å². The first kappa shape index (κ1) is 10.7. The molecule has 15 heavy (non-hydrogen) atoms. The molecular formula is C10H19N3O2. The van der Waals surface area contributed by atoms with Crippen molar-refractivity contribution in [3.05, 3.63) is 0 Å². The first-order chi connectivity index (χ1) is 7.31. The molecule has 0 unspecified atom stereocenters. The molecule has 1 saturated carbocycles. The molecule has 2 fully saturated rings. The molecule has 86 valence electrons. The summed E-state index contributed by atoms with van der Waals surface area (Å²) < 4.78 is 5.57. The number of nitrogens with two attached hydrogens (primary N) is 1. The van der Waals surface area contributed by atoms with Gasteiger partial charge in [-0.15, -0.1) is 0 Å². The Morgan fingerprint density at radius 3 is 3.20 bits per heavy atom. The quantitative estimate of drug-likeness (QED) is 0.298. The normalized spacial score (nSPS) is 33.7. The van der Waals surface area contributed by atoms with Gasteiger partial charge in [-0.25, -0.2) is 0 Å². The lowest BCUT2D eigenvalue weighted by Crippen LogP contribution is -2.43. The summed E-state index contributed by atoms with van der Waals surface area (Å²) in [5.74, 6) is 0.932. The maximum Gasteiger partial charge on any atom is 0.153 e. The average Bonchev–Trinajstić information content (AvgIpc) is 2.63. The second kappa shape index (κ2) is 4.81. The molecule has 2 atom stereocenters. The van der Waals surface area contributed by atoms with Crippen LogP contribution in [-0.2, 0) is 4.74 Å². The van der Waals surface area contributed by atoms with Crippen LogP contribution >= 0.6 is 0 Å². The van der Waals surface area contributed by atoms with Crippen LogP contribution in [0.25, 0.3) is 0 Å². The number of ether oxygens (including phenoxy) is 1. The van der Waals surface area contributed by atoms with Gasteiger partial charge < -0.3 is 15.7 Å². The predicted molar refractivity (Wildman–Crippen MR) is 56.9 cm³/mol. The number of amidine groups is 1. The van der Waals surface area contributed by atoms with Gasteiger partial charge in [0, 0.05) is 12.6 Å². The van der Waals surface area contributed by atoms with Gasteiger partial charge in [0.2, 0.25) is 0 Å². The van der Waals surface area contributed by atoms with Crippen molar-refractivity contribution in [1.82, 2.24) is 4.90 Å². The van der Waals surface area contributed by atoms with Crippen molar-refractivity contribution in [3.8, 4) is 0 Å². The van der Waals surface area contributed by atoms with Crippen molar-refractivity contribution in [2.75, 3.05) is 26.3 Å². The highest BCUT2D eigenvalue weighted by Crippen LogP contribution is 2.31. The molecule has 2 aliphatic rings. The minimum atomic E-state index is 0.294. The van der Waals surface area contributed by atoms with Crippen LogP contribution in [-0.4, -0.2) is 48.3 Å². The molecule has 5 heteroatoms. The number of rotatable bonds is 2. The lowest BCUT2D eigenvalue weighted by Gasteiger charge is -2.28. The molecule has 0 spiro atoms. The number of fused-ring (bicyclic) bond motifs is 1. The fourth-order valence-corrected chi connectivity index (χ4v) is 2.71. The van der Waals surface area contributed by atoms with E-state index in [1.165, 1.54) is 19.3 Å². The molecule has 1 saturated heterocycles. The minimum Gasteiger partial charge on any atom is -0.409 e.